The Hall–Kier alpha value is -0.180. The molecule has 0 aromatic carbocycles. The van der Waals surface area contributed by atoms with E-state index in [1.54, 1.807) is 0 Å². The molecule has 1 atom stereocenters. The van der Waals surface area contributed by atoms with Crippen molar-refractivity contribution in [3.8, 4) is 0 Å². The topological polar surface area (TPSA) is 20.2 Å². The van der Waals surface area contributed by atoms with Crippen LogP contribution < -0.4 is 0 Å². The molecule has 0 bridgehead atoms. The van der Waals surface area contributed by atoms with Crippen LogP contribution in [0.3, 0.4) is 0 Å². The highest BCUT2D eigenvalue weighted by molar-refractivity contribution is 4.77. The zero-order valence-electron chi connectivity index (χ0n) is 5.06. The van der Waals surface area contributed by atoms with E-state index in [1.165, 1.54) is 0 Å². The van der Waals surface area contributed by atoms with Crippen LogP contribution in [0, 0.1) is 5.92 Å². The van der Waals surface area contributed by atoms with Crippen LogP contribution in [0.2, 0.25) is 0 Å². The van der Waals surface area contributed by atoms with Crippen LogP contribution in [0.25, 0.3) is 0 Å². The highest BCUT2D eigenvalue weighted by atomic mass is 19.3. The Kier molecular flexibility index (Phi) is 2.01. The van der Waals surface area contributed by atoms with Crippen LogP contribution in [-0.4, -0.2) is 17.6 Å². The van der Waals surface area contributed by atoms with Crippen molar-refractivity contribution in [2.75, 3.05) is 0 Å². The number of aliphatic hydroxyl groups excluding tert-OH is 1. The van der Waals surface area contributed by atoms with E-state index < -0.39 is 12.5 Å². The van der Waals surface area contributed by atoms with Crippen molar-refractivity contribution in [1.29, 1.82) is 0 Å². The summed E-state index contributed by atoms with van der Waals surface area (Å²) in [6.45, 7) is 0. The maximum Gasteiger partial charge on any atom is 0.264 e. The summed E-state index contributed by atoms with van der Waals surface area (Å²) in [4.78, 5) is 0. The van der Waals surface area contributed by atoms with Crippen LogP contribution in [-0.2, 0) is 0 Å². The highest BCUT2D eigenvalue weighted by Gasteiger charge is 2.31. The second kappa shape index (κ2) is 2.60. The molecule has 1 nitrogen and oxygen atoms in total. The van der Waals surface area contributed by atoms with Gasteiger partial charge in [0.25, 0.3) is 6.43 Å². The van der Waals surface area contributed by atoms with Crippen LogP contribution in [0.15, 0.2) is 0 Å². The van der Waals surface area contributed by atoms with E-state index in [4.69, 9.17) is 5.11 Å². The van der Waals surface area contributed by atoms with Crippen molar-refractivity contribution in [1.82, 2.24) is 0 Å². The first-order chi connectivity index (χ1) is 4.22. The molecule has 0 aliphatic heterocycles. The molecule has 1 N–H and O–H groups in total. The van der Waals surface area contributed by atoms with Gasteiger partial charge in [-0.15, -0.1) is 0 Å². The molecule has 0 spiro atoms. The van der Waals surface area contributed by atoms with Crippen LogP contribution in [0.4, 0.5) is 8.78 Å². The van der Waals surface area contributed by atoms with Gasteiger partial charge in [0.2, 0.25) is 0 Å². The van der Waals surface area contributed by atoms with Crippen molar-refractivity contribution in [2.24, 2.45) is 5.92 Å². The fourth-order valence-electron chi connectivity index (χ4n) is 0.987. The van der Waals surface area contributed by atoms with E-state index in [-0.39, 0.29) is 5.92 Å². The minimum Gasteiger partial charge on any atom is -0.387 e. The first kappa shape index (κ1) is 6.93. The predicted octanol–water partition coefficient (Wildman–Crippen LogP) is 1.41. The maximum atomic E-state index is 11.6. The SMILES string of the molecule is OC(C(F)F)C1CCC1. The van der Waals surface area contributed by atoms with Gasteiger partial charge in [0, 0.05) is 0 Å². The standard InChI is InChI=1S/C6H10F2O/c7-6(8)5(9)4-2-1-3-4/h4-6,9H,1-3H2. The van der Waals surface area contributed by atoms with Gasteiger partial charge >= 0.3 is 0 Å². The predicted molar refractivity (Wildman–Crippen MR) is 29.4 cm³/mol. The Bertz CT molecular complexity index is 91.1. The molecule has 9 heavy (non-hydrogen) atoms. The van der Waals surface area contributed by atoms with E-state index >= 15 is 0 Å². The normalized spacial score (nSPS) is 24.0. The highest BCUT2D eigenvalue weighted by Crippen LogP contribution is 2.31. The van der Waals surface area contributed by atoms with Crippen molar-refractivity contribution < 1.29 is 13.9 Å². The molecule has 1 fully saturated rings. The van der Waals surface area contributed by atoms with Crippen molar-refractivity contribution in [2.45, 2.75) is 31.8 Å². The first-order valence-corrected chi connectivity index (χ1v) is 3.18. The zero-order chi connectivity index (χ0) is 6.85. The van der Waals surface area contributed by atoms with Gasteiger partial charge in [-0.3, -0.25) is 0 Å². The van der Waals surface area contributed by atoms with Crippen LogP contribution in [0.1, 0.15) is 19.3 Å². The van der Waals surface area contributed by atoms with E-state index in [1.807, 2.05) is 0 Å². The fraction of sp³-hybridized carbons (Fsp3) is 1.00. The van der Waals surface area contributed by atoms with Crippen molar-refractivity contribution >= 4 is 0 Å². The molecule has 3 heteroatoms. The number of aliphatic hydroxyl groups is 1. The van der Waals surface area contributed by atoms with Crippen LogP contribution in [0.5, 0.6) is 0 Å². The molecule has 54 valence electrons. The van der Waals surface area contributed by atoms with Gasteiger partial charge < -0.3 is 5.11 Å². The number of hydrogen-bond donors (Lipinski definition) is 1. The molecule has 1 unspecified atom stereocenters. The lowest BCUT2D eigenvalue weighted by molar-refractivity contribution is -0.0585. The summed E-state index contributed by atoms with van der Waals surface area (Å²) in [6.07, 6.45) is -1.38. The molecule has 0 radical (unpaired) electrons. The van der Waals surface area contributed by atoms with Gasteiger partial charge in [-0.25, -0.2) is 8.78 Å². The Morgan fingerprint density at radius 3 is 2.00 bits per heavy atom. The third-order valence-corrected chi connectivity index (χ3v) is 1.89. The Labute approximate surface area is 52.7 Å². The summed E-state index contributed by atoms with van der Waals surface area (Å²) in [5.74, 6) is -0.120. The van der Waals surface area contributed by atoms with Crippen molar-refractivity contribution in [3.63, 3.8) is 0 Å². The monoisotopic (exact) mass is 136 g/mol. The molecule has 1 aliphatic rings. The average Bonchev–Trinajstić information content (AvgIpc) is 1.60. The summed E-state index contributed by atoms with van der Waals surface area (Å²) in [7, 11) is 0. The van der Waals surface area contributed by atoms with Gasteiger partial charge in [-0.2, -0.15) is 0 Å². The smallest absolute Gasteiger partial charge is 0.264 e. The van der Waals surface area contributed by atoms with Gasteiger partial charge in [0.1, 0.15) is 6.10 Å². The summed E-state index contributed by atoms with van der Waals surface area (Å²) >= 11 is 0. The van der Waals surface area contributed by atoms with E-state index in [2.05, 4.69) is 0 Å². The molecular weight excluding hydrogens is 126 g/mol. The zero-order valence-corrected chi connectivity index (χ0v) is 5.06. The Morgan fingerprint density at radius 2 is 1.89 bits per heavy atom. The van der Waals surface area contributed by atoms with Crippen molar-refractivity contribution in [3.05, 3.63) is 0 Å². The van der Waals surface area contributed by atoms with E-state index in [9.17, 15) is 8.78 Å². The summed E-state index contributed by atoms with van der Waals surface area (Å²) in [5, 5.41) is 8.70. The number of alkyl halides is 2. The van der Waals surface area contributed by atoms with Gasteiger partial charge in [0.05, 0.1) is 0 Å². The molecule has 1 saturated carbocycles. The lowest BCUT2D eigenvalue weighted by Gasteiger charge is -2.29. The third kappa shape index (κ3) is 1.39. The minimum absolute atomic E-state index is 0.120. The molecule has 1 rings (SSSR count). The van der Waals surface area contributed by atoms with Gasteiger partial charge in [-0.05, 0) is 18.8 Å². The minimum atomic E-state index is -2.55. The quantitative estimate of drug-likeness (QED) is 0.608. The van der Waals surface area contributed by atoms with E-state index in [0.29, 0.717) is 0 Å². The average molecular weight is 136 g/mol. The summed E-state index contributed by atoms with van der Waals surface area (Å²) in [6, 6.07) is 0. The maximum absolute atomic E-state index is 11.6. The lowest BCUT2D eigenvalue weighted by Crippen LogP contribution is -2.32. The molecule has 0 aromatic heterocycles. The second-order valence-electron chi connectivity index (χ2n) is 2.52. The summed E-state index contributed by atoms with van der Waals surface area (Å²) in [5.41, 5.74) is 0. The molecular formula is C6H10F2O. The largest absolute Gasteiger partial charge is 0.387 e. The number of rotatable bonds is 2. The first-order valence-electron chi connectivity index (χ1n) is 3.18. The molecule has 0 saturated heterocycles. The number of halogens is 2. The molecule has 1 aliphatic carbocycles. The molecule has 0 aromatic rings. The lowest BCUT2D eigenvalue weighted by atomic mass is 9.81. The molecule has 0 amide bonds. The van der Waals surface area contributed by atoms with Crippen LogP contribution >= 0.6 is 0 Å². The number of hydrogen-bond acceptors (Lipinski definition) is 1. The van der Waals surface area contributed by atoms with Gasteiger partial charge in [-0.1, -0.05) is 6.42 Å². The van der Waals surface area contributed by atoms with Gasteiger partial charge in [0.15, 0.2) is 0 Å². The molecule has 0 heterocycles. The third-order valence-electron chi connectivity index (χ3n) is 1.89. The Balaban J connectivity index is 2.23. The Morgan fingerprint density at radius 1 is 1.33 bits per heavy atom. The van der Waals surface area contributed by atoms with E-state index in [0.717, 1.165) is 19.3 Å². The second-order valence-corrected chi connectivity index (χ2v) is 2.52. The fourth-order valence-corrected chi connectivity index (χ4v) is 0.987. The summed E-state index contributed by atoms with van der Waals surface area (Å²) < 4.78 is 23.3.